The molecule has 2 amide bonds. The smallest absolute Gasteiger partial charge is 0.287 e. The monoisotopic (exact) mass is 436 g/mol. The zero-order valence-corrected chi connectivity index (χ0v) is 15.8. The molecule has 0 bridgehead atoms. The summed E-state index contributed by atoms with van der Waals surface area (Å²) >= 11 is 4.59. The summed E-state index contributed by atoms with van der Waals surface area (Å²) < 4.78 is 18.8. The van der Waals surface area contributed by atoms with Gasteiger partial charge in [-0.15, -0.1) is 11.3 Å². The Kier molecular flexibility index (Phi) is 5.85. The van der Waals surface area contributed by atoms with E-state index in [0.717, 1.165) is 10.4 Å². The van der Waals surface area contributed by atoms with Crippen LogP contribution in [0.3, 0.4) is 0 Å². The first-order valence-electron chi connectivity index (χ1n) is 7.64. The number of furan rings is 1. The molecule has 5 nitrogen and oxygen atoms in total. The third-order valence-electron chi connectivity index (χ3n) is 3.54. The van der Waals surface area contributed by atoms with E-state index in [1.54, 1.807) is 18.2 Å². The second-order valence-electron chi connectivity index (χ2n) is 5.35. The molecule has 0 aliphatic heterocycles. The van der Waals surface area contributed by atoms with Gasteiger partial charge in [0.05, 0.1) is 12.6 Å². The lowest BCUT2D eigenvalue weighted by atomic mass is 10.1. The van der Waals surface area contributed by atoms with Gasteiger partial charge >= 0.3 is 0 Å². The highest BCUT2D eigenvalue weighted by Gasteiger charge is 2.19. The van der Waals surface area contributed by atoms with Crippen molar-refractivity contribution in [1.29, 1.82) is 0 Å². The molecular formula is C18H14BrFN2O3S. The summed E-state index contributed by atoms with van der Waals surface area (Å²) in [6.45, 7) is -0.208. The largest absolute Gasteiger partial charge is 0.444 e. The van der Waals surface area contributed by atoms with E-state index in [-0.39, 0.29) is 24.0 Å². The minimum absolute atomic E-state index is 0.109. The van der Waals surface area contributed by atoms with E-state index in [2.05, 4.69) is 26.6 Å². The summed E-state index contributed by atoms with van der Waals surface area (Å²) in [5.74, 6) is -1.09. The van der Waals surface area contributed by atoms with E-state index in [1.165, 1.54) is 29.5 Å². The zero-order chi connectivity index (χ0) is 18.5. The van der Waals surface area contributed by atoms with E-state index >= 15 is 0 Å². The van der Waals surface area contributed by atoms with Crippen LogP contribution in [0.1, 0.15) is 27.0 Å². The lowest BCUT2D eigenvalue weighted by Gasteiger charge is -2.18. The number of hydrogen-bond donors (Lipinski definition) is 2. The average molecular weight is 437 g/mol. The second kappa shape index (κ2) is 8.29. The highest BCUT2D eigenvalue weighted by Crippen LogP contribution is 2.26. The van der Waals surface area contributed by atoms with Gasteiger partial charge in [-0.25, -0.2) is 4.39 Å². The van der Waals surface area contributed by atoms with Crippen molar-refractivity contribution in [3.63, 3.8) is 0 Å². The zero-order valence-electron chi connectivity index (χ0n) is 13.4. The van der Waals surface area contributed by atoms with Crippen molar-refractivity contribution in [2.24, 2.45) is 0 Å². The van der Waals surface area contributed by atoms with Crippen LogP contribution in [0.25, 0.3) is 0 Å². The van der Waals surface area contributed by atoms with Gasteiger partial charge in [0.2, 0.25) is 5.91 Å². The number of benzene rings is 1. The van der Waals surface area contributed by atoms with E-state index in [1.807, 2.05) is 17.5 Å². The fourth-order valence-electron chi connectivity index (χ4n) is 2.33. The molecule has 0 saturated heterocycles. The summed E-state index contributed by atoms with van der Waals surface area (Å²) in [5, 5.41) is 7.26. The van der Waals surface area contributed by atoms with Crippen LogP contribution < -0.4 is 10.6 Å². The highest BCUT2D eigenvalue weighted by molar-refractivity contribution is 9.10. The highest BCUT2D eigenvalue weighted by atomic mass is 79.9. The van der Waals surface area contributed by atoms with Crippen molar-refractivity contribution in [1.82, 2.24) is 10.6 Å². The number of halogens is 2. The molecule has 1 aromatic carbocycles. The van der Waals surface area contributed by atoms with Crippen LogP contribution >= 0.6 is 27.3 Å². The van der Waals surface area contributed by atoms with Crippen LogP contribution in [0.5, 0.6) is 0 Å². The summed E-state index contributed by atoms with van der Waals surface area (Å²) in [4.78, 5) is 25.1. The molecule has 3 rings (SSSR count). The van der Waals surface area contributed by atoms with Crippen molar-refractivity contribution in [2.45, 2.75) is 6.04 Å². The molecule has 0 spiro atoms. The normalized spacial score (nSPS) is 11.8. The molecule has 2 aromatic heterocycles. The summed E-state index contributed by atoms with van der Waals surface area (Å²) in [6.07, 6.45) is 0. The van der Waals surface area contributed by atoms with Crippen LogP contribution in [0.2, 0.25) is 0 Å². The molecule has 0 aliphatic carbocycles. The minimum atomic E-state index is -0.486. The minimum Gasteiger partial charge on any atom is -0.444 e. The topological polar surface area (TPSA) is 71.3 Å². The third-order valence-corrected chi connectivity index (χ3v) is 4.91. The summed E-state index contributed by atoms with van der Waals surface area (Å²) in [7, 11) is 0. The fraction of sp³-hybridized carbons (Fsp3) is 0.111. The van der Waals surface area contributed by atoms with Crippen LogP contribution in [-0.2, 0) is 4.79 Å². The number of carbonyl (C=O) groups excluding carboxylic acids is 2. The quantitative estimate of drug-likeness (QED) is 0.615. The first kappa shape index (κ1) is 18.3. The summed E-state index contributed by atoms with van der Waals surface area (Å²) in [5.41, 5.74) is 0.753. The maximum absolute atomic E-state index is 13.2. The standard InChI is InChI=1S/C18H14BrFN2O3S/c19-15-8-7-13(25-15)18(24)21-10-16(23)22-17(14-2-1-9-26-14)11-3-5-12(20)6-4-11/h1-9,17H,10H2,(H,21,24)(H,22,23)/t17-/m0/s1. The molecule has 1 atom stereocenters. The average Bonchev–Trinajstić information content (AvgIpc) is 3.30. The van der Waals surface area contributed by atoms with Gasteiger partial charge in [-0.1, -0.05) is 18.2 Å². The molecule has 0 unspecified atom stereocenters. The first-order chi connectivity index (χ1) is 12.5. The Morgan fingerprint density at radius 1 is 1.15 bits per heavy atom. The van der Waals surface area contributed by atoms with Crippen LogP contribution in [0.15, 0.2) is 63.0 Å². The number of thiophene rings is 1. The summed E-state index contributed by atoms with van der Waals surface area (Å²) in [6, 6.07) is 12.4. The molecule has 0 saturated carbocycles. The van der Waals surface area contributed by atoms with Crippen molar-refractivity contribution in [2.75, 3.05) is 6.54 Å². The molecule has 0 radical (unpaired) electrons. The van der Waals surface area contributed by atoms with Crippen LogP contribution in [-0.4, -0.2) is 18.4 Å². The Bertz CT molecular complexity index is 894. The lowest BCUT2D eigenvalue weighted by Crippen LogP contribution is -2.38. The Morgan fingerprint density at radius 3 is 2.54 bits per heavy atom. The van der Waals surface area contributed by atoms with Gasteiger partial charge in [0.1, 0.15) is 5.82 Å². The molecule has 0 fully saturated rings. The molecule has 134 valence electrons. The van der Waals surface area contributed by atoms with Gasteiger partial charge in [-0.2, -0.15) is 0 Å². The SMILES string of the molecule is O=C(CNC(=O)c1ccc(Br)o1)N[C@@H](c1ccc(F)cc1)c1cccs1. The van der Waals surface area contributed by atoms with Gasteiger partial charge in [0.25, 0.3) is 5.91 Å². The molecule has 3 aromatic rings. The second-order valence-corrected chi connectivity index (χ2v) is 7.11. The molecule has 8 heteroatoms. The Morgan fingerprint density at radius 2 is 1.92 bits per heavy atom. The van der Waals surface area contributed by atoms with E-state index in [0.29, 0.717) is 4.67 Å². The van der Waals surface area contributed by atoms with E-state index in [9.17, 15) is 14.0 Å². The number of nitrogens with one attached hydrogen (secondary N) is 2. The molecule has 2 N–H and O–H groups in total. The molecule has 26 heavy (non-hydrogen) atoms. The Labute approximate surface area is 161 Å². The van der Waals surface area contributed by atoms with E-state index < -0.39 is 11.9 Å². The third kappa shape index (κ3) is 4.59. The fourth-order valence-corrected chi connectivity index (χ4v) is 3.43. The predicted octanol–water partition coefficient (Wildman–Crippen LogP) is 3.88. The van der Waals surface area contributed by atoms with Crippen molar-refractivity contribution in [3.8, 4) is 0 Å². The van der Waals surface area contributed by atoms with Crippen molar-refractivity contribution >= 4 is 39.1 Å². The van der Waals surface area contributed by atoms with Gasteiger partial charge in [0.15, 0.2) is 10.4 Å². The Balaban J connectivity index is 1.66. The van der Waals surface area contributed by atoms with Crippen molar-refractivity contribution < 1.29 is 18.4 Å². The Hall–Kier alpha value is -2.45. The maximum Gasteiger partial charge on any atom is 0.287 e. The maximum atomic E-state index is 13.2. The van der Waals surface area contributed by atoms with Crippen molar-refractivity contribution in [3.05, 3.63) is 80.6 Å². The number of amides is 2. The number of carbonyl (C=O) groups is 2. The van der Waals surface area contributed by atoms with Gasteiger partial charge in [0, 0.05) is 4.88 Å². The number of rotatable bonds is 6. The number of hydrogen-bond acceptors (Lipinski definition) is 4. The predicted molar refractivity (Wildman–Crippen MR) is 99.4 cm³/mol. The van der Waals surface area contributed by atoms with E-state index in [4.69, 9.17) is 4.42 Å². The van der Waals surface area contributed by atoms with Crippen LogP contribution in [0, 0.1) is 5.82 Å². The first-order valence-corrected chi connectivity index (χ1v) is 9.32. The lowest BCUT2D eigenvalue weighted by molar-refractivity contribution is -0.120. The molecular weight excluding hydrogens is 423 g/mol. The van der Waals surface area contributed by atoms with Crippen LogP contribution in [0.4, 0.5) is 4.39 Å². The van der Waals surface area contributed by atoms with Gasteiger partial charge in [-0.3, -0.25) is 9.59 Å². The molecule has 2 heterocycles. The molecule has 0 aliphatic rings. The van der Waals surface area contributed by atoms with Gasteiger partial charge in [-0.05, 0) is 57.2 Å². The van der Waals surface area contributed by atoms with Gasteiger partial charge < -0.3 is 15.1 Å².